The molecular weight excluding hydrogens is 565 g/mol. The summed E-state index contributed by atoms with van der Waals surface area (Å²) in [7, 11) is 0. The molecule has 0 spiro atoms. The molecule has 12 heteroatoms. The topological polar surface area (TPSA) is 111 Å². The highest BCUT2D eigenvalue weighted by Gasteiger charge is 2.35. The highest BCUT2D eigenvalue weighted by molar-refractivity contribution is 6.30. The third-order valence-electron chi connectivity index (χ3n) is 6.31. The minimum atomic E-state index is -4.54. The molecule has 0 unspecified atom stereocenters. The second-order valence-electron chi connectivity index (χ2n) is 9.71. The van der Waals surface area contributed by atoms with E-state index in [1.807, 2.05) is 0 Å². The molecule has 0 saturated carbocycles. The number of halogens is 4. The van der Waals surface area contributed by atoms with Gasteiger partial charge in [0.25, 0.3) is 0 Å². The summed E-state index contributed by atoms with van der Waals surface area (Å²) in [5.74, 6) is -2.69. The molecule has 0 radical (unpaired) electrons. The lowest BCUT2D eigenvalue weighted by atomic mass is 9.83. The predicted octanol–water partition coefficient (Wildman–Crippen LogP) is 4.76. The largest absolute Gasteiger partial charge is 0.466 e. The van der Waals surface area contributed by atoms with Crippen molar-refractivity contribution in [3.8, 4) is 0 Å². The molecule has 0 aliphatic heterocycles. The molecule has 41 heavy (non-hydrogen) atoms. The van der Waals surface area contributed by atoms with E-state index in [0.29, 0.717) is 16.1 Å². The number of carbonyl (C=O) groups is 4. The molecule has 2 amide bonds. The van der Waals surface area contributed by atoms with Gasteiger partial charge >= 0.3 is 18.1 Å². The monoisotopic (exact) mass is 598 g/mol. The van der Waals surface area contributed by atoms with E-state index in [0.717, 1.165) is 12.1 Å². The Bertz CT molecular complexity index is 1200. The van der Waals surface area contributed by atoms with Crippen LogP contribution in [0.1, 0.15) is 57.2 Å². The van der Waals surface area contributed by atoms with Gasteiger partial charge in [0.05, 0.1) is 24.2 Å². The summed E-state index contributed by atoms with van der Waals surface area (Å²) in [5, 5.41) is 5.67. The quantitative estimate of drug-likeness (QED) is 0.322. The SMILES string of the molecule is CCOC(=O)CC[C@@H](NC(=O)[C@H](Cc1ccc(C(F)(F)F)cc1)NC(=O)C(C)(C)c1ccc(Cl)cc1)C(=O)OCC. The Hall–Kier alpha value is -3.60. The average molecular weight is 599 g/mol. The van der Waals surface area contributed by atoms with Crippen LogP contribution in [-0.2, 0) is 46.7 Å². The summed E-state index contributed by atoms with van der Waals surface area (Å²) < 4.78 is 49.1. The molecule has 0 aromatic heterocycles. The van der Waals surface area contributed by atoms with E-state index in [9.17, 15) is 32.3 Å². The molecule has 2 aromatic rings. The van der Waals surface area contributed by atoms with Gasteiger partial charge in [-0.25, -0.2) is 4.79 Å². The standard InChI is InChI=1S/C29H34ClF3N2O6/c1-5-40-24(36)16-15-22(26(38)41-6-2)34-25(37)23(17-18-7-9-20(10-8-18)29(31,32)33)35-27(39)28(3,4)19-11-13-21(30)14-12-19/h7-14,22-23H,5-6,15-17H2,1-4H3,(H,34,37)(H,35,39)/t22-,23+/m1/s1. The zero-order valence-corrected chi connectivity index (χ0v) is 24.0. The van der Waals surface area contributed by atoms with Gasteiger partial charge in [-0.15, -0.1) is 0 Å². The summed E-state index contributed by atoms with van der Waals surface area (Å²) in [5.41, 5.74) is -1.06. The van der Waals surface area contributed by atoms with Crippen molar-refractivity contribution in [3.63, 3.8) is 0 Å². The smallest absolute Gasteiger partial charge is 0.416 e. The predicted molar refractivity (Wildman–Crippen MR) is 146 cm³/mol. The number of alkyl halides is 3. The minimum absolute atomic E-state index is 0.0195. The van der Waals surface area contributed by atoms with Crippen LogP contribution in [0.5, 0.6) is 0 Å². The Balaban J connectivity index is 2.34. The highest BCUT2D eigenvalue weighted by Crippen LogP contribution is 2.29. The maximum absolute atomic E-state index is 13.5. The summed E-state index contributed by atoms with van der Waals surface area (Å²) in [6, 6.07) is 8.23. The van der Waals surface area contributed by atoms with E-state index in [1.165, 1.54) is 12.1 Å². The molecule has 0 aliphatic rings. The van der Waals surface area contributed by atoms with Crippen molar-refractivity contribution in [2.24, 2.45) is 0 Å². The molecule has 0 heterocycles. The van der Waals surface area contributed by atoms with Crippen LogP contribution in [0.25, 0.3) is 0 Å². The van der Waals surface area contributed by atoms with Crippen LogP contribution in [0, 0.1) is 0 Å². The first-order valence-corrected chi connectivity index (χ1v) is 13.4. The fraction of sp³-hybridized carbons (Fsp3) is 0.448. The van der Waals surface area contributed by atoms with Crippen molar-refractivity contribution in [1.29, 1.82) is 0 Å². The van der Waals surface area contributed by atoms with Crippen molar-refractivity contribution in [2.45, 2.75) is 70.6 Å². The van der Waals surface area contributed by atoms with Crippen LogP contribution < -0.4 is 10.6 Å². The van der Waals surface area contributed by atoms with E-state index >= 15 is 0 Å². The fourth-order valence-corrected chi connectivity index (χ4v) is 4.00. The normalized spacial score (nSPS) is 13.1. The van der Waals surface area contributed by atoms with Crippen LogP contribution in [0.3, 0.4) is 0 Å². The maximum Gasteiger partial charge on any atom is 0.416 e. The van der Waals surface area contributed by atoms with Gasteiger partial charge < -0.3 is 20.1 Å². The Labute approximate surface area is 241 Å². The number of amides is 2. The lowest BCUT2D eigenvalue weighted by molar-refractivity contribution is -0.149. The molecule has 2 aromatic carbocycles. The number of hydrogen-bond donors (Lipinski definition) is 2. The van der Waals surface area contributed by atoms with Crippen molar-refractivity contribution in [2.75, 3.05) is 13.2 Å². The maximum atomic E-state index is 13.5. The van der Waals surface area contributed by atoms with Crippen LogP contribution in [0.4, 0.5) is 13.2 Å². The van der Waals surface area contributed by atoms with Crippen LogP contribution in [-0.4, -0.2) is 49.1 Å². The first-order chi connectivity index (χ1) is 19.2. The molecule has 0 bridgehead atoms. The number of carbonyl (C=O) groups excluding carboxylic acids is 4. The molecule has 2 N–H and O–H groups in total. The third kappa shape index (κ3) is 10.1. The molecule has 0 saturated heterocycles. The Morgan fingerprint density at radius 2 is 1.39 bits per heavy atom. The van der Waals surface area contributed by atoms with Crippen molar-refractivity contribution < 1.29 is 41.8 Å². The minimum Gasteiger partial charge on any atom is -0.466 e. The molecule has 224 valence electrons. The second-order valence-corrected chi connectivity index (χ2v) is 10.2. The second kappa shape index (κ2) is 14.9. The van der Waals surface area contributed by atoms with Crippen molar-refractivity contribution in [1.82, 2.24) is 10.6 Å². The third-order valence-corrected chi connectivity index (χ3v) is 6.56. The Morgan fingerprint density at radius 3 is 1.93 bits per heavy atom. The molecule has 0 aliphatic carbocycles. The molecular formula is C29H34ClF3N2O6. The van der Waals surface area contributed by atoms with E-state index in [1.54, 1.807) is 52.0 Å². The zero-order chi connectivity index (χ0) is 30.8. The lowest BCUT2D eigenvalue weighted by Gasteiger charge is -2.28. The lowest BCUT2D eigenvalue weighted by Crippen LogP contribution is -2.55. The van der Waals surface area contributed by atoms with Gasteiger partial charge in [0.15, 0.2) is 0 Å². The van der Waals surface area contributed by atoms with E-state index in [2.05, 4.69) is 10.6 Å². The summed E-state index contributed by atoms with van der Waals surface area (Å²) in [6.45, 7) is 6.64. The molecule has 0 fully saturated rings. The summed E-state index contributed by atoms with van der Waals surface area (Å²) in [6.07, 6.45) is -5.03. The Morgan fingerprint density at radius 1 is 0.829 bits per heavy atom. The molecule has 2 rings (SSSR count). The number of ether oxygens (including phenoxy) is 2. The number of benzene rings is 2. The van der Waals surface area contributed by atoms with Gasteiger partial charge in [-0.2, -0.15) is 13.2 Å². The highest BCUT2D eigenvalue weighted by atomic mass is 35.5. The Kier molecular flexibility index (Phi) is 12.2. The summed E-state index contributed by atoms with van der Waals surface area (Å²) >= 11 is 5.97. The molecule has 2 atom stereocenters. The van der Waals surface area contributed by atoms with E-state index in [-0.39, 0.29) is 32.5 Å². The van der Waals surface area contributed by atoms with Gasteiger partial charge in [0.2, 0.25) is 11.8 Å². The fourth-order valence-electron chi connectivity index (χ4n) is 3.87. The van der Waals surface area contributed by atoms with Crippen LogP contribution >= 0.6 is 11.6 Å². The van der Waals surface area contributed by atoms with Crippen molar-refractivity contribution >= 4 is 35.4 Å². The van der Waals surface area contributed by atoms with E-state index in [4.69, 9.17) is 21.1 Å². The number of rotatable bonds is 13. The molecule has 8 nitrogen and oxygen atoms in total. The van der Waals surface area contributed by atoms with Gasteiger partial charge in [-0.3, -0.25) is 14.4 Å². The number of nitrogens with one attached hydrogen (secondary N) is 2. The van der Waals surface area contributed by atoms with Crippen molar-refractivity contribution in [3.05, 3.63) is 70.2 Å². The van der Waals surface area contributed by atoms with Gasteiger partial charge in [-0.1, -0.05) is 35.9 Å². The first-order valence-electron chi connectivity index (χ1n) is 13.0. The van der Waals surface area contributed by atoms with Gasteiger partial charge in [-0.05, 0) is 69.5 Å². The van der Waals surface area contributed by atoms with Crippen LogP contribution in [0.2, 0.25) is 5.02 Å². The van der Waals surface area contributed by atoms with Crippen LogP contribution in [0.15, 0.2) is 48.5 Å². The number of hydrogen-bond acceptors (Lipinski definition) is 6. The van der Waals surface area contributed by atoms with Gasteiger partial charge in [0.1, 0.15) is 12.1 Å². The summed E-state index contributed by atoms with van der Waals surface area (Å²) in [4.78, 5) is 51.3. The average Bonchev–Trinajstić information content (AvgIpc) is 2.90. The first kappa shape index (κ1) is 33.6. The number of esters is 2. The van der Waals surface area contributed by atoms with E-state index < -0.39 is 53.0 Å². The zero-order valence-electron chi connectivity index (χ0n) is 23.3. The van der Waals surface area contributed by atoms with Gasteiger partial charge in [0, 0.05) is 17.9 Å².